The van der Waals surface area contributed by atoms with Gasteiger partial charge in [-0.3, -0.25) is 0 Å². The monoisotopic (exact) mass is 116 g/mol. The van der Waals surface area contributed by atoms with E-state index in [1.165, 1.54) is 0 Å². The van der Waals surface area contributed by atoms with E-state index in [2.05, 4.69) is 0 Å². The minimum atomic E-state index is -0.181. The molecule has 2 nitrogen and oxygen atoms in total. The van der Waals surface area contributed by atoms with Gasteiger partial charge in [-0.25, -0.2) is 0 Å². The molecular weight excluding hydrogens is 104 g/mol. The number of methoxy groups -OCH3 is 2. The summed E-state index contributed by atoms with van der Waals surface area (Å²) in [6.07, 6.45) is 3.54. The average Bonchev–Trinajstić information content (AvgIpc) is 1.83. The SMILES string of the molecule is C/C=C/C(OC)OC. The second-order valence-corrected chi connectivity index (χ2v) is 1.37. The number of hydrogen-bond acceptors (Lipinski definition) is 2. The topological polar surface area (TPSA) is 18.5 Å². The predicted molar refractivity (Wildman–Crippen MR) is 32.6 cm³/mol. The molecule has 0 amide bonds. The van der Waals surface area contributed by atoms with Gasteiger partial charge in [-0.2, -0.15) is 0 Å². The lowest BCUT2D eigenvalue weighted by molar-refractivity contribution is -0.0666. The molecule has 0 bridgehead atoms. The van der Waals surface area contributed by atoms with E-state index in [9.17, 15) is 0 Å². The van der Waals surface area contributed by atoms with Crippen LogP contribution in [0.3, 0.4) is 0 Å². The summed E-state index contributed by atoms with van der Waals surface area (Å²) in [5.74, 6) is 0. The zero-order chi connectivity index (χ0) is 6.41. The van der Waals surface area contributed by atoms with Crippen LogP contribution in [0.4, 0.5) is 0 Å². The Morgan fingerprint density at radius 1 is 1.25 bits per heavy atom. The van der Waals surface area contributed by atoms with Crippen LogP contribution < -0.4 is 0 Å². The number of hydrogen-bond donors (Lipinski definition) is 0. The number of rotatable bonds is 3. The zero-order valence-electron chi connectivity index (χ0n) is 5.55. The molecule has 0 atom stereocenters. The fourth-order valence-electron chi connectivity index (χ4n) is 0.410. The molecule has 8 heavy (non-hydrogen) atoms. The van der Waals surface area contributed by atoms with Gasteiger partial charge in [0.25, 0.3) is 0 Å². The van der Waals surface area contributed by atoms with Gasteiger partial charge in [0, 0.05) is 14.2 Å². The molecule has 0 saturated heterocycles. The summed E-state index contributed by atoms with van der Waals surface area (Å²) in [6, 6.07) is 0. The highest BCUT2D eigenvalue weighted by molar-refractivity contribution is 4.80. The number of ether oxygens (including phenoxy) is 2. The fraction of sp³-hybridized carbons (Fsp3) is 0.667. The summed E-state index contributed by atoms with van der Waals surface area (Å²) >= 11 is 0. The normalized spacial score (nSPS) is 11.5. The maximum Gasteiger partial charge on any atom is 0.176 e. The maximum atomic E-state index is 4.83. The minimum absolute atomic E-state index is 0.181. The Balaban J connectivity index is 3.36. The summed E-state index contributed by atoms with van der Waals surface area (Å²) in [5, 5.41) is 0. The van der Waals surface area contributed by atoms with Crippen LogP contribution in [0.5, 0.6) is 0 Å². The first-order valence-electron chi connectivity index (χ1n) is 2.53. The van der Waals surface area contributed by atoms with Crippen LogP contribution in [-0.2, 0) is 9.47 Å². The molecule has 2 heteroatoms. The molecule has 0 aliphatic rings. The van der Waals surface area contributed by atoms with Gasteiger partial charge in [0.05, 0.1) is 0 Å². The summed E-state index contributed by atoms with van der Waals surface area (Å²) < 4.78 is 9.66. The predicted octanol–water partition coefficient (Wildman–Crippen LogP) is 1.18. The van der Waals surface area contributed by atoms with Gasteiger partial charge in [0.1, 0.15) is 0 Å². The Morgan fingerprint density at radius 3 is 1.88 bits per heavy atom. The molecule has 48 valence electrons. The second-order valence-electron chi connectivity index (χ2n) is 1.37. The highest BCUT2D eigenvalue weighted by Crippen LogP contribution is 1.90. The Hall–Kier alpha value is -0.340. The van der Waals surface area contributed by atoms with E-state index in [-0.39, 0.29) is 6.29 Å². The van der Waals surface area contributed by atoms with Crippen molar-refractivity contribution in [3.05, 3.63) is 12.2 Å². The van der Waals surface area contributed by atoms with Crippen LogP contribution in [0, 0.1) is 0 Å². The van der Waals surface area contributed by atoms with E-state index < -0.39 is 0 Å². The lowest BCUT2D eigenvalue weighted by atomic mass is 10.5. The van der Waals surface area contributed by atoms with Gasteiger partial charge in [-0.1, -0.05) is 6.08 Å². The van der Waals surface area contributed by atoms with Crippen molar-refractivity contribution in [2.24, 2.45) is 0 Å². The molecule has 0 fully saturated rings. The Bertz CT molecular complexity index is 64.9. The molecule has 0 saturated carbocycles. The van der Waals surface area contributed by atoms with E-state index in [1.807, 2.05) is 19.1 Å². The Morgan fingerprint density at radius 2 is 1.75 bits per heavy atom. The van der Waals surface area contributed by atoms with Crippen LogP contribution in [-0.4, -0.2) is 20.5 Å². The third kappa shape index (κ3) is 2.77. The molecule has 0 radical (unpaired) electrons. The van der Waals surface area contributed by atoms with Gasteiger partial charge in [0.2, 0.25) is 0 Å². The largest absolute Gasteiger partial charge is 0.352 e. The van der Waals surface area contributed by atoms with Crippen molar-refractivity contribution in [1.29, 1.82) is 0 Å². The molecule has 0 heterocycles. The van der Waals surface area contributed by atoms with E-state index in [4.69, 9.17) is 9.47 Å². The van der Waals surface area contributed by atoms with Crippen LogP contribution in [0.25, 0.3) is 0 Å². The van der Waals surface area contributed by atoms with Crippen LogP contribution in [0.15, 0.2) is 12.2 Å². The fourth-order valence-corrected chi connectivity index (χ4v) is 0.410. The van der Waals surface area contributed by atoms with Gasteiger partial charge in [-0.05, 0) is 13.0 Å². The Labute approximate surface area is 50.1 Å². The summed E-state index contributed by atoms with van der Waals surface area (Å²) in [7, 11) is 3.21. The van der Waals surface area contributed by atoms with E-state index in [0.29, 0.717) is 0 Å². The summed E-state index contributed by atoms with van der Waals surface area (Å²) in [5.41, 5.74) is 0. The van der Waals surface area contributed by atoms with Crippen LogP contribution >= 0.6 is 0 Å². The molecule has 0 N–H and O–H groups in total. The lowest BCUT2D eigenvalue weighted by Gasteiger charge is -2.05. The average molecular weight is 116 g/mol. The smallest absolute Gasteiger partial charge is 0.176 e. The highest BCUT2D eigenvalue weighted by atomic mass is 16.7. The highest BCUT2D eigenvalue weighted by Gasteiger charge is 1.93. The van der Waals surface area contributed by atoms with Crippen molar-refractivity contribution in [1.82, 2.24) is 0 Å². The molecular formula is C6H12O2. The van der Waals surface area contributed by atoms with Crippen molar-refractivity contribution in [2.75, 3.05) is 14.2 Å². The third-order valence-corrected chi connectivity index (χ3v) is 0.814. The van der Waals surface area contributed by atoms with Crippen molar-refractivity contribution in [2.45, 2.75) is 13.2 Å². The minimum Gasteiger partial charge on any atom is -0.352 e. The molecule has 0 spiro atoms. The maximum absolute atomic E-state index is 4.83. The number of allylic oxidation sites excluding steroid dienone is 1. The van der Waals surface area contributed by atoms with Crippen molar-refractivity contribution < 1.29 is 9.47 Å². The molecule has 0 unspecified atom stereocenters. The van der Waals surface area contributed by atoms with Crippen molar-refractivity contribution in [3.63, 3.8) is 0 Å². The third-order valence-electron chi connectivity index (χ3n) is 0.814. The van der Waals surface area contributed by atoms with Gasteiger partial charge >= 0.3 is 0 Å². The van der Waals surface area contributed by atoms with Crippen molar-refractivity contribution >= 4 is 0 Å². The van der Waals surface area contributed by atoms with E-state index in [0.717, 1.165) is 0 Å². The first kappa shape index (κ1) is 7.66. The molecule has 0 aromatic rings. The first-order chi connectivity index (χ1) is 3.85. The molecule has 0 aromatic carbocycles. The molecule has 0 aliphatic heterocycles. The zero-order valence-corrected chi connectivity index (χ0v) is 5.55. The Kier molecular flexibility index (Phi) is 4.61. The standard InChI is InChI=1S/C6H12O2/c1-4-5-6(7-2)8-3/h4-6H,1-3H3/b5-4+. The molecule has 0 rings (SSSR count). The summed E-state index contributed by atoms with van der Waals surface area (Å²) in [4.78, 5) is 0. The lowest BCUT2D eigenvalue weighted by Crippen LogP contribution is -2.07. The van der Waals surface area contributed by atoms with Crippen LogP contribution in [0.1, 0.15) is 6.92 Å². The molecule has 0 aromatic heterocycles. The first-order valence-corrected chi connectivity index (χ1v) is 2.53. The van der Waals surface area contributed by atoms with Crippen molar-refractivity contribution in [3.8, 4) is 0 Å². The van der Waals surface area contributed by atoms with E-state index in [1.54, 1.807) is 14.2 Å². The molecule has 0 aliphatic carbocycles. The van der Waals surface area contributed by atoms with Gasteiger partial charge < -0.3 is 9.47 Å². The van der Waals surface area contributed by atoms with Crippen LogP contribution in [0.2, 0.25) is 0 Å². The second kappa shape index (κ2) is 4.81. The van der Waals surface area contributed by atoms with E-state index >= 15 is 0 Å². The van der Waals surface area contributed by atoms with Gasteiger partial charge in [0.15, 0.2) is 6.29 Å². The van der Waals surface area contributed by atoms with Gasteiger partial charge in [-0.15, -0.1) is 0 Å². The quantitative estimate of drug-likeness (QED) is 0.407. The summed E-state index contributed by atoms with van der Waals surface area (Å²) in [6.45, 7) is 1.92.